The molecule has 0 aliphatic carbocycles. The number of sulfonamides is 1. The monoisotopic (exact) mass is 422 g/mol. The minimum atomic E-state index is -3.47. The Kier molecular flexibility index (Phi) is 5.58. The first-order valence-corrected chi connectivity index (χ1v) is 11.5. The Hall–Kier alpha value is -2.77. The predicted molar refractivity (Wildman–Crippen MR) is 119 cm³/mol. The van der Waals surface area contributed by atoms with Crippen LogP contribution in [-0.2, 0) is 10.0 Å². The molecule has 0 unspecified atom stereocenters. The Morgan fingerprint density at radius 3 is 2.17 bits per heavy atom. The van der Waals surface area contributed by atoms with Crippen LogP contribution in [0, 0.1) is 20.8 Å². The van der Waals surface area contributed by atoms with Crippen molar-refractivity contribution in [2.45, 2.75) is 25.7 Å². The predicted octanol–water partition coefficient (Wildman–Crippen LogP) is 3.58. The summed E-state index contributed by atoms with van der Waals surface area (Å²) < 4.78 is 27.5. The maximum Gasteiger partial charge on any atom is 0.243 e. The lowest BCUT2D eigenvalue weighted by molar-refractivity contribution is 0.384. The van der Waals surface area contributed by atoms with Crippen molar-refractivity contribution in [1.29, 1.82) is 0 Å². The minimum absolute atomic E-state index is 0.348. The van der Waals surface area contributed by atoms with E-state index in [4.69, 9.17) is 4.98 Å². The van der Waals surface area contributed by atoms with Crippen molar-refractivity contribution < 1.29 is 8.42 Å². The highest BCUT2D eigenvalue weighted by atomic mass is 32.2. The van der Waals surface area contributed by atoms with Crippen LogP contribution in [0.4, 0.5) is 5.82 Å². The first-order valence-electron chi connectivity index (χ1n) is 10.1. The molecule has 1 aliphatic heterocycles. The summed E-state index contributed by atoms with van der Waals surface area (Å²) in [6, 6.07) is 17.1. The van der Waals surface area contributed by atoms with E-state index in [2.05, 4.69) is 16.0 Å². The van der Waals surface area contributed by atoms with Gasteiger partial charge in [0.2, 0.25) is 10.0 Å². The highest BCUT2D eigenvalue weighted by molar-refractivity contribution is 7.89. The van der Waals surface area contributed by atoms with Gasteiger partial charge in [0, 0.05) is 43.5 Å². The molecule has 30 heavy (non-hydrogen) atoms. The van der Waals surface area contributed by atoms with Crippen LogP contribution >= 0.6 is 0 Å². The van der Waals surface area contributed by atoms with Crippen LogP contribution in [0.1, 0.15) is 16.8 Å². The molecular weight excluding hydrogens is 396 g/mol. The highest BCUT2D eigenvalue weighted by Crippen LogP contribution is 2.24. The standard InChI is InChI=1S/C23H26N4O2S/c1-17-7-9-21(10-8-17)30(28,29)27-13-11-26(12-14-27)22-16-19(3)24-23(25-22)20-6-4-5-18(2)15-20/h4-10,15-16H,11-14H2,1-3H3. The molecule has 1 saturated heterocycles. The molecule has 6 nitrogen and oxygen atoms in total. The molecule has 0 N–H and O–H groups in total. The van der Waals surface area contributed by atoms with E-state index in [1.165, 1.54) is 0 Å². The molecule has 0 saturated carbocycles. The topological polar surface area (TPSA) is 66.4 Å². The Bertz CT molecular complexity index is 1150. The van der Waals surface area contributed by atoms with Crippen molar-refractivity contribution in [3.63, 3.8) is 0 Å². The second-order valence-electron chi connectivity index (χ2n) is 7.76. The van der Waals surface area contributed by atoms with Crippen LogP contribution in [0.5, 0.6) is 0 Å². The fraction of sp³-hybridized carbons (Fsp3) is 0.304. The zero-order chi connectivity index (χ0) is 21.3. The first-order chi connectivity index (χ1) is 14.3. The summed E-state index contributed by atoms with van der Waals surface area (Å²) in [6.45, 7) is 8.00. The quantitative estimate of drug-likeness (QED) is 0.643. The number of anilines is 1. The SMILES string of the molecule is Cc1ccc(S(=O)(=O)N2CCN(c3cc(C)nc(-c4cccc(C)c4)n3)CC2)cc1. The molecule has 3 aromatic rings. The zero-order valence-electron chi connectivity index (χ0n) is 17.5. The molecule has 0 amide bonds. The molecule has 0 bridgehead atoms. The number of nitrogens with zero attached hydrogens (tertiary/aromatic N) is 4. The van der Waals surface area contributed by atoms with Crippen LogP contribution in [0.2, 0.25) is 0 Å². The van der Waals surface area contributed by atoms with Crippen LogP contribution in [0.15, 0.2) is 59.5 Å². The van der Waals surface area contributed by atoms with Gasteiger partial charge in [-0.15, -0.1) is 0 Å². The maximum atomic E-state index is 12.9. The van der Waals surface area contributed by atoms with E-state index < -0.39 is 10.0 Å². The molecule has 0 radical (unpaired) electrons. The van der Waals surface area contributed by atoms with Gasteiger partial charge in [0.25, 0.3) is 0 Å². The summed E-state index contributed by atoms with van der Waals surface area (Å²) in [7, 11) is -3.47. The summed E-state index contributed by atoms with van der Waals surface area (Å²) in [5, 5.41) is 0. The van der Waals surface area contributed by atoms with E-state index in [1.807, 2.05) is 57.2 Å². The average Bonchev–Trinajstić information content (AvgIpc) is 2.74. The van der Waals surface area contributed by atoms with Gasteiger partial charge in [-0.25, -0.2) is 18.4 Å². The van der Waals surface area contributed by atoms with Crippen molar-refractivity contribution in [1.82, 2.24) is 14.3 Å². The van der Waals surface area contributed by atoms with E-state index in [9.17, 15) is 8.42 Å². The molecule has 1 fully saturated rings. The number of benzene rings is 2. The number of hydrogen-bond donors (Lipinski definition) is 0. The molecule has 1 aromatic heterocycles. The lowest BCUT2D eigenvalue weighted by atomic mass is 10.1. The summed E-state index contributed by atoms with van der Waals surface area (Å²) in [5.74, 6) is 1.54. The van der Waals surface area contributed by atoms with Crippen molar-refractivity contribution in [2.75, 3.05) is 31.1 Å². The van der Waals surface area contributed by atoms with Crippen LogP contribution < -0.4 is 4.90 Å². The third-order valence-corrected chi connectivity index (χ3v) is 7.25. The van der Waals surface area contributed by atoms with E-state index >= 15 is 0 Å². The largest absolute Gasteiger partial charge is 0.354 e. The summed E-state index contributed by atoms with van der Waals surface area (Å²) in [4.78, 5) is 11.8. The average molecular weight is 423 g/mol. The Morgan fingerprint density at radius 1 is 0.800 bits per heavy atom. The van der Waals surface area contributed by atoms with E-state index in [-0.39, 0.29) is 0 Å². The van der Waals surface area contributed by atoms with Gasteiger partial charge in [0.15, 0.2) is 5.82 Å². The summed E-state index contributed by atoms with van der Waals surface area (Å²) >= 11 is 0. The third-order valence-electron chi connectivity index (χ3n) is 5.34. The Balaban J connectivity index is 1.52. The van der Waals surface area contributed by atoms with Gasteiger partial charge in [-0.2, -0.15) is 4.31 Å². The van der Waals surface area contributed by atoms with Gasteiger partial charge in [0.05, 0.1) is 4.90 Å². The Morgan fingerprint density at radius 2 is 1.50 bits per heavy atom. The second-order valence-corrected chi connectivity index (χ2v) is 9.70. The number of piperazine rings is 1. The molecule has 1 aliphatic rings. The smallest absolute Gasteiger partial charge is 0.243 e. The molecular formula is C23H26N4O2S. The molecule has 0 atom stereocenters. The Labute approximate surface area is 178 Å². The van der Waals surface area contributed by atoms with Gasteiger partial charge in [-0.3, -0.25) is 0 Å². The number of aromatic nitrogens is 2. The normalized spacial score (nSPS) is 15.4. The molecule has 0 spiro atoms. The molecule has 156 valence electrons. The van der Waals surface area contributed by atoms with Crippen LogP contribution in [-0.4, -0.2) is 48.9 Å². The van der Waals surface area contributed by atoms with Gasteiger partial charge < -0.3 is 4.90 Å². The van der Waals surface area contributed by atoms with E-state index in [1.54, 1.807) is 16.4 Å². The van der Waals surface area contributed by atoms with Gasteiger partial charge >= 0.3 is 0 Å². The zero-order valence-corrected chi connectivity index (χ0v) is 18.4. The number of aryl methyl sites for hydroxylation is 3. The van der Waals surface area contributed by atoms with E-state index in [0.29, 0.717) is 36.9 Å². The maximum absolute atomic E-state index is 12.9. The lowest BCUT2D eigenvalue weighted by Crippen LogP contribution is -2.49. The van der Waals surface area contributed by atoms with Crippen molar-refractivity contribution >= 4 is 15.8 Å². The highest BCUT2D eigenvalue weighted by Gasteiger charge is 2.29. The van der Waals surface area contributed by atoms with Crippen molar-refractivity contribution in [3.8, 4) is 11.4 Å². The minimum Gasteiger partial charge on any atom is -0.354 e. The van der Waals surface area contributed by atoms with Crippen molar-refractivity contribution in [2.24, 2.45) is 0 Å². The van der Waals surface area contributed by atoms with Gasteiger partial charge in [0.1, 0.15) is 5.82 Å². The second kappa shape index (κ2) is 8.16. The van der Waals surface area contributed by atoms with Gasteiger partial charge in [-0.05, 0) is 39.0 Å². The van der Waals surface area contributed by atoms with Crippen LogP contribution in [0.3, 0.4) is 0 Å². The molecule has 2 aromatic carbocycles. The lowest BCUT2D eigenvalue weighted by Gasteiger charge is -2.34. The number of hydrogen-bond acceptors (Lipinski definition) is 5. The van der Waals surface area contributed by atoms with E-state index in [0.717, 1.165) is 28.2 Å². The number of rotatable bonds is 4. The fourth-order valence-electron chi connectivity index (χ4n) is 3.64. The molecule has 4 rings (SSSR count). The first kappa shape index (κ1) is 20.5. The van der Waals surface area contributed by atoms with Crippen LogP contribution in [0.25, 0.3) is 11.4 Å². The molecule has 7 heteroatoms. The van der Waals surface area contributed by atoms with Crippen molar-refractivity contribution in [3.05, 3.63) is 71.4 Å². The summed E-state index contributed by atoms with van der Waals surface area (Å²) in [6.07, 6.45) is 0. The fourth-order valence-corrected chi connectivity index (χ4v) is 5.07. The van der Waals surface area contributed by atoms with Gasteiger partial charge in [-0.1, -0.05) is 41.5 Å². The molecule has 2 heterocycles. The third kappa shape index (κ3) is 4.22. The summed E-state index contributed by atoms with van der Waals surface area (Å²) in [5.41, 5.74) is 4.09.